The first kappa shape index (κ1) is 18.2. The average molecular weight is 243 g/mol. The summed E-state index contributed by atoms with van der Waals surface area (Å²) in [6, 6.07) is 0. The molecule has 0 aliphatic rings. The van der Waals surface area contributed by atoms with Crippen LogP contribution >= 0.6 is 0 Å². The van der Waals surface area contributed by atoms with Gasteiger partial charge in [-0.3, -0.25) is 0 Å². The number of hydrogen-bond acceptors (Lipinski definition) is 1. The molecule has 69 valence electrons. The van der Waals surface area contributed by atoms with Gasteiger partial charge >= 0.3 is 0 Å². The number of aromatic nitrogens is 2. The molecule has 1 aromatic heterocycles. The number of nitrogens with one attached hydrogen (secondary N) is 1. The number of rotatable bonds is 1. The quantitative estimate of drug-likeness (QED) is 0.755. The number of aromatic amines is 1. The maximum Gasteiger partial charge on any atom is 0.103 e. The van der Waals surface area contributed by atoms with Gasteiger partial charge < -0.3 is 19.8 Å². The zero-order valence-corrected chi connectivity index (χ0v) is 11.5. The molecular formula is C9H18N2Y-2. The van der Waals surface area contributed by atoms with Crippen LogP contribution in [0.25, 0.3) is 0 Å². The molecule has 0 bridgehead atoms. The van der Waals surface area contributed by atoms with Crippen LogP contribution < -0.4 is 0 Å². The van der Waals surface area contributed by atoms with Crippen molar-refractivity contribution in [3.8, 4) is 0 Å². The molecule has 0 amide bonds. The van der Waals surface area contributed by atoms with Crippen molar-refractivity contribution in [3.63, 3.8) is 0 Å². The molecule has 12 heavy (non-hydrogen) atoms. The van der Waals surface area contributed by atoms with Gasteiger partial charge in [0.2, 0.25) is 0 Å². The average Bonchev–Trinajstić information content (AvgIpc) is 2.14. The van der Waals surface area contributed by atoms with Crippen molar-refractivity contribution in [2.45, 2.75) is 26.7 Å². The Bertz CT molecular complexity index is 194. The molecule has 1 heterocycles. The van der Waals surface area contributed by atoms with Crippen LogP contribution in [0.5, 0.6) is 0 Å². The smallest absolute Gasteiger partial charge is 0.103 e. The first-order chi connectivity index (χ1) is 4.20. The Morgan fingerprint density at radius 1 is 1.33 bits per heavy atom. The van der Waals surface area contributed by atoms with Crippen LogP contribution in [0.2, 0.25) is 0 Å². The molecular weight excluding hydrogens is 225 g/mol. The van der Waals surface area contributed by atoms with Gasteiger partial charge in [0, 0.05) is 44.6 Å². The van der Waals surface area contributed by atoms with E-state index in [1.807, 2.05) is 13.1 Å². The second-order valence-electron chi connectivity index (χ2n) is 2.58. The molecule has 0 saturated carbocycles. The monoisotopic (exact) mass is 243 g/mol. The number of hydrogen-bond donors (Lipinski definition) is 1. The largest absolute Gasteiger partial charge is 0.358 e. The number of imidazole rings is 1. The van der Waals surface area contributed by atoms with Gasteiger partial charge in [-0.2, -0.15) is 0 Å². The van der Waals surface area contributed by atoms with Crippen molar-refractivity contribution in [1.29, 1.82) is 0 Å². The van der Waals surface area contributed by atoms with Crippen LogP contribution in [-0.2, 0) is 32.7 Å². The van der Waals surface area contributed by atoms with E-state index in [4.69, 9.17) is 0 Å². The summed E-state index contributed by atoms with van der Waals surface area (Å²) < 4.78 is 0. The van der Waals surface area contributed by atoms with Crippen LogP contribution in [-0.4, -0.2) is 9.97 Å². The van der Waals surface area contributed by atoms with E-state index in [1.165, 1.54) is 5.69 Å². The van der Waals surface area contributed by atoms with Crippen LogP contribution in [0.3, 0.4) is 0 Å². The summed E-state index contributed by atoms with van der Waals surface area (Å²) in [5.41, 5.74) is 1.22. The summed E-state index contributed by atoms with van der Waals surface area (Å²) in [4.78, 5) is 7.25. The van der Waals surface area contributed by atoms with Crippen LogP contribution in [0.1, 0.15) is 31.3 Å². The van der Waals surface area contributed by atoms with Gasteiger partial charge in [-0.05, 0) is 12.8 Å². The summed E-state index contributed by atoms with van der Waals surface area (Å²) in [7, 11) is 0. The third kappa shape index (κ3) is 5.05. The van der Waals surface area contributed by atoms with Crippen molar-refractivity contribution in [3.05, 3.63) is 32.6 Å². The molecule has 0 spiro atoms. The fourth-order valence-corrected chi connectivity index (χ4v) is 0.733. The number of nitrogens with zero attached hydrogens (tertiary/aromatic N) is 1. The van der Waals surface area contributed by atoms with Crippen LogP contribution in [0.4, 0.5) is 0 Å². The molecule has 1 aromatic rings. The summed E-state index contributed by atoms with van der Waals surface area (Å²) >= 11 is 0. The maximum absolute atomic E-state index is 4.08. The molecule has 2 nitrogen and oxygen atoms in total. The van der Waals surface area contributed by atoms with Crippen molar-refractivity contribution in [1.82, 2.24) is 9.97 Å². The minimum atomic E-state index is 0. The molecule has 0 atom stereocenters. The van der Waals surface area contributed by atoms with Crippen LogP contribution in [0.15, 0.2) is 6.20 Å². The van der Waals surface area contributed by atoms with E-state index in [0.29, 0.717) is 5.92 Å². The Balaban J connectivity index is -0.000000270. The Kier molecular flexibility index (Phi) is 12.0. The van der Waals surface area contributed by atoms with Gasteiger partial charge in [0.1, 0.15) is 5.82 Å². The first-order valence-corrected chi connectivity index (χ1v) is 3.21. The minimum absolute atomic E-state index is 0. The van der Waals surface area contributed by atoms with E-state index in [-0.39, 0.29) is 47.6 Å². The summed E-state index contributed by atoms with van der Waals surface area (Å²) in [6.07, 6.45) is 1.89. The predicted octanol–water partition coefficient (Wildman–Crippen LogP) is 2.74. The van der Waals surface area contributed by atoms with Crippen molar-refractivity contribution in [2.75, 3.05) is 0 Å². The Morgan fingerprint density at radius 2 is 1.83 bits per heavy atom. The number of aryl methyl sites for hydroxylation is 1. The third-order valence-electron chi connectivity index (χ3n) is 1.34. The SMILES string of the molecule is Cc1ncc(C(C)C)[nH]1.[CH3-].[CH3-].[Y]. The van der Waals surface area contributed by atoms with Gasteiger partial charge in [-0.1, -0.05) is 13.8 Å². The van der Waals surface area contributed by atoms with Gasteiger partial charge in [0.15, 0.2) is 0 Å². The summed E-state index contributed by atoms with van der Waals surface area (Å²) in [5.74, 6) is 1.56. The van der Waals surface area contributed by atoms with Gasteiger partial charge in [-0.15, -0.1) is 0 Å². The van der Waals surface area contributed by atoms with Gasteiger partial charge in [-0.25, -0.2) is 4.98 Å². The van der Waals surface area contributed by atoms with Crippen molar-refractivity contribution in [2.24, 2.45) is 0 Å². The predicted molar refractivity (Wildman–Crippen MR) is 50.2 cm³/mol. The Morgan fingerprint density at radius 3 is 2.00 bits per heavy atom. The summed E-state index contributed by atoms with van der Waals surface area (Å²) in [6.45, 7) is 6.26. The second kappa shape index (κ2) is 7.94. The Hall–Kier alpha value is 0.314. The van der Waals surface area contributed by atoms with Crippen molar-refractivity contribution >= 4 is 0 Å². The van der Waals surface area contributed by atoms with E-state index in [1.54, 1.807) is 0 Å². The molecule has 0 fully saturated rings. The van der Waals surface area contributed by atoms with Gasteiger partial charge in [0.05, 0.1) is 0 Å². The second-order valence-corrected chi connectivity index (χ2v) is 2.58. The molecule has 0 saturated heterocycles. The molecule has 0 aliphatic carbocycles. The fraction of sp³-hybridized carbons (Fsp3) is 0.444. The van der Waals surface area contributed by atoms with E-state index in [9.17, 15) is 0 Å². The zero-order chi connectivity index (χ0) is 6.85. The summed E-state index contributed by atoms with van der Waals surface area (Å²) in [5, 5.41) is 0. The number of H-pyrrole nitrogens is 1. The molecule has 0 aromatic carbocycles. The van der Waals surface area contributed by atoms with Crippen molar-refractivity contribution < 1.29 is 32.7 Å². The van der Waals surface area contributed by atoms with E-state index in [0.717, 1.165) is 5.82 Å². The van der Waals surface area contributed by atoms with E-state index in [2.05, 4.69) is 23.8 Å². The molecule has 1 radical (unpaired) electrons. The zero-order valence-electron chi connectivity index (χ0n) is 8.68. The minimum Gasteiger partial charge on any atom is -0.358 e. The van der Waals surface area contributed by atoms with Gasteiger partial charge in [0.25, 0.3) is 0 Å². The fourth-order valence-electron chi connectivity index (χ4n) is 0.733. The molecule has 0 aliphatic heterocycles. The molecule has 3 heteroatoms. The topological polar surface area (TPSA) is 28.7 Å². The van der Waals surface area contributed by atoms with Crippen LogP contribution in [0, 0.1) is 21.8 Å². The molecule has 1 N–H and O–H groups in total. The third-order valence-corrected chi connectivity index (χ3v) is 1.34. The molecule has 0 unspecified atom stereocenters. The molecule has 1 rings (SSSR count). The maximum atomic E-state index is 4.08. The van der Waals surface area contributed by atoms with E-state index < -0.39 is 0 Å². The Labute approximate surface area is 101 Å². The van der Waals surface area contributed by atoms with E-state index >= 15 is 0 Å². The first-order valence-electron chi connectivity index (χ1n) is 3.21. The standard InChI is InChI=1S/C7H12N2.2CH3.Y/c1-5(2)7-4-8-6(3)9-7;;;/h4-5H,1-3H3,(H,8,9);2*1H3;/q;2*-1;. The normalized spacial score (nSPS) is 8.00.